The molecule has 0 spiro atoms. The van der Waals surface area contributed by atoms with Gasteiger partial charge in [0, 0.05) is 31.9 Å². The number of aliphatic hydroxyl groups excluding tert-OH is 1. The minimum atomic E-state index is -0.192. The van der Waals surface area contributed by atoms with Gasteiger partial charge in [0.05, 0.1) is 6.04 Å². The highest BCUT2D eigenvalue weighted by Crippen LogP contribution is 2.23. The number of hydrogen-bond acceptors (Lipinski definition) is 3. The Bertz CT molecular complexity index is 459. The molecule has 1 heterocycles. The molecule has 2 amide bonds. The first-order chi connectivity index (χ1) is 10.2. The zero-order chi connectivity index (χ0) is 15.1. The van der Waals surface area contributed by atoms with E-state index in [1.54, 1.807) is 0 Å². The fraction of sp³-hybridized carbons (Fsp3) is 0.562. The normalized spacial score (nSPS) is 15.8. The van der Waals surface area contributed by atoms with Crippen molar-refractivity contribution in [2.45, 2.75) is 32.2 Å². The number of nitrogens with zero attached hydrogens (tertiary/aromatic N) is 1. The lowest BCUT2D eigenvalue weighted by Gasteiger charge is -2.21. The van der Waals surface area contributed by atoms with E-state index in [4.69, 9.17) is 5.11 Å². The Kier molecular flexibility index (Phi) is 5.87. The molecule has 1 saturated heterocycles. The summed E-state index contributed by atoms with van der Waals surface area (Å²) in [7, 11) is 0. The number of urea groups is 1. The molecule has 0 aliphatic carbocycles. The molecule has 0 radical (unpaired) electrons. The van der Waals surface area contributed by atoms with Gasteiger partial charge in [0.1, 0.15) is 0 Å². The van der Waals surface area contributed by atoms with E-state index in [0.717, 1.165) is 18.7 Å². The second-order valence-electron chi connectivity index (χ2n) is 5.49. The zero-order valence-corrected chi connectivity index (χ0v) is 12.6. The van der Waals surface area contributed by atoms with Crippen LogP contribution in [-0.4, -0.2) is 37.4 Å². The molecule has 1 aliphatic rings. The molecule has 1 unspecified atom stereocenters. The number of aliphatic hydroxyl groups is 1. The van der Waals surface area contributed by atoms with E-state index < -0.39 is 0 Å². The van der Waals surface area contributed by atoms with Gasteiger partial charge in [0.2, 0.25) is 0 Å². The Morgan fingerprint density at radius 2 is 2.14 bits per heavy atom. The van der Waals surface area contributed by atoms with E-state index in [9.17, 15) is 4.79 Å². The van der Waals surface area contributed by atoms with Crippen LogP contribution in [0.2, 0.25) is 0 Å². The van der Waals surface area contributed by atoms with Crippen LogP contribution in [0.5, 0.6) is 0 Å². The van der Waals surface area contributed by atoms with Gasteiger partial charge in [-0.05, 0) is 43.9 Å². The molecule has 0 bridgehead atoms. The third-order valence-corrected chi connectivity index (χ3v) is 3.81. The molecule has 1 aromatic rings. The van der Waals surface area contributed by atoms with Gasteiger partial charge in [0.25, 0.3) is 0 Å². The molecule has 1 fully saturated rings. The third kappa shape index (κ3) is 4.63. The highest BCUT2D eigenvalue weighted by molar-refractivity contribution is 5.74. The molecule has 5 nitrogen and oxygen atoms in total. The van der Waals surface area contributed by atoms with Crippen molar-refractivity contribution in [1.29, 1.82) is 0 Å². The van der Waals surface area contributed by atoms with Crippen molar-refractivity contribution in [3.63, 3.8) is 0 Å². The highest BCUT2D eigenvalue weighted by Gasteiger charge is 2.14. The molecular formula is C16H25N3O2. The van der Waals surface area contributed by atoms with E-state index >= 15 is 0 Å². The number of hydrogen-bond donors (Lipinski definition) is 3. The monoisotopic (exact) mass is 291 g/mol. The molecule has 3 N–H and O–H groups in total. The first-order valence-corrected chi connectivity index (χ1v) is 7.71. The SMILES string of the molecule is CC(NC(=O)NCCCO)c1cccc(N2CCCC2)c1. The second kappa shape index (κ2) is 7.88. The van der Waals surface area contributed by atoms with E-state index in [2.05, 4.69) is 27.7 Å². The molecule has 1 atom stereocenters. The summed E-state index contributed by atoms with van der Waals surface area (Å²) >= 11 is 0. The molecule has 2 rings (SSSR count). The fourth-order valence-electron chi connectivity index (χ4n) is 2.58. The summed E-state index contributed by atoms with van der Waals surface area (Å²) in [5.74, 6) is 0. The standard InChI is InChI=1S/C16H25N3O2/c1-13(18-16(21)17-8-5-11-20)14-6-4-7-15(12-14)19-9-2-3-10-19/h4,6-7,12-13,20H,2-3,5,8-11H2,1H3,(H2,17,18,21). The van der Waals surface area contributed by atoms with Gasteiger partial charge < -0.3 is 20.6 Å². The van der Waals surface area contributed by atoms with E-state index in [-0.39, 0.29) is 18.7 Å². The number of carbonyl (C=O) groups excluding carboxylic acids is 1. The molecule has 116 valence electrons. The lowest BCUT2D eigenvalue weighted by molar-refractivity contribution is 0.235. The number of rotatable bonds is 6. The molecular weight excluding hydrogens is 266 g/mol. The van der Waals surface area contributed by atoms with Gasteiger partial charge >= 0.3 is 6.03 Å². The summed E-state index contributed by atoms with van der Waals surface area (Å²) in [6.45, 7) is 4.80. The number of carbonyl (C=O) groups is 1. The van der Waals surface area contributed by atoms with Crippen LogP contribution in [-0.2, 0) is 0 Å². The maximum Gasteiger partial charge on any atom is 0.315 e. The summed E-state index contributed by atoms with van der Waals surface area (Å²) in [6, 6.07) is 8.14. The van der Waals surface area contributed by atoms with Crippen molar-refractivity contribution in [2.24, 2.45) is 0 Å². The summed E-state index contributed by atoms with van der Waals surface area (Å²) in [6.07, 6.45) is 3.09. The molecule has 5 heteroatoms. The number of amides is 2. The smallest absolute Gasteiger partial charge is 0.315 e. The van der Waals surface area contributed by atoms with E-state index in [1.165, 1.54) is 18.5 Å². The average Bonchev–Trinajstić information content (AvgIpc) is 3.02. The van der Waals surface area contributed by atoms with Gasteiger partial charge in [-0.15, -0.1) is 0 Å². The molecule has 1 aliphatic heterocycles. The molecule has 0 aromatic heterocycles. The van der Waals surface area contributed by atoms with Crippen LogP contribution < -0.4 is 15.5 Å². The zero-order valence-electron chi connectivity index (χ0n) is 12.6. The van der Waals surface area contributed by atoms with Crippen LogP contribution in [0.25, 0.3) is 0 Å². The van der Waals surface area contributed by atoms with Gasteiger partial charge in [-0.2, -0.15) is 0 Å². The Labute approximate surface area is 126 Å². The van der Waals surface area contributed by atoms with Crippen molar-refractivity contribution in [3.05, 3.63) is 29.8 Å². The predicted octanol–water partition coefficient (Wildman–Crippen LogP) is 2.03. The maximum atomic E-state index is 11.7. The van der Waals surface area contributed by atoms with Gasteiger partial charge in [0.15, 0.2) is 0 Å². The minimum Gasteiger partial charge on any atom is -0.396 e. The van der Waals surface area contributed by atoms with Crippen LogP contribution in [0.4, 0.5) is 10.5 Å². The van der Waals surface area contributed by atoms with Crippen molar-refractivity contribution in [2.75, 3.05) is 31.1 Å². The van der Waals surface area contributed by atoms with E-state index in [1.807, 2.05) is 19.1 Å². The first-order valence-electron chi connectivity index (χ1n) is 7.71. The van der Waals surface area contributed by atoms with Crippen molar-refractivity contribution in [1.82, 2.24) is 10.6 Å². The molecule has 1 aromatic carbocycles. The number of benzene rings is 1. The summed E-state index contributed by atoms with van der Waals surface area (Å²) in [5, 5.41) is 14.4. The Morgan fingerprint density at radius 1 is 1.38 bits per heavy atom. The Balaban J connectivity index is 1.90. The minimum absolute atomic E-state index is 0.0401. The predicted molar refractivity (Wildman–Crippen MR) is 84.5 cm³/mol. The number of anilines is 1. The van der Waals surface area contributed by atoms with Gasteiger partial charge in [-0.1, -0.05) is 12.1 Å². The Hall–Kier alpha value is -1.75. The average molecular weight is 291 g/mol. The Morgan fingerprint density at radius 3 is 2.86 bits per heavy atom. The van der Waals surface area contributed by atoms with Crippen LogP contribution in [0.3, 0.4) is 0 Å². The maximum absolute atomic E-state index is 11.7. The van der Waals surface area contributed by atoms with Crippen LogP contribution >= 0.6 is 0 Å². The van der Waals surface area contributed by atoms with Crippen molar-refractivity contribution >= 4 is 11.7 Å². The molecule has 0 saturated carbocycles. The van der Waals surface area contributed by atoms with Crippen LogP contribution in [0, 0.1) is 0 Å². The quantitative estimate of drug-likeness (QED) is 0.703. The third-order valence-electron chi connectivity index (χ3n) is 3.81. The van der Waals surface area contributed by atoms with Crippen LogP contribution in [0.1, 0.15) is 37.8 Å². The van der Waals surface area contributed by atoms with Crippen molar-refractivity contribution < 1.29 is 9.90 Å². The lowest BCUT2D eigenvalue weighted by Crippen LogP contribution is -2.37. The van der Waals surface area contributed by atoms with Gasteiger partial charge in [-0.25, -0.2) is 4.79 Å². The van der Waals surface area contributed by atoms with Gasteiger partial charge in [-0.3, -0.25) is 0 Å². The van der Waals surface area contributed by atoms with E-state index in [0.29, 0.717) is 13.0 Å². The summed E-state index contributed by atoms with van der Waals surface area (Å²) in [4.78, 5) is 14.1. The van der Waals surface area contributed by atoms with Crippen molar-refractivity contribution in [3.8, 4) is 0 Å². The second-order valence-corrected chi connectivity index (χ2v) is 5.49. The topological polar surface area (TPSA) is 64.6 Å². The summed E-state index contributed by atoms with van der Waals surface area (Å²) < 4.78 is 0. The largest absolute Gasteiger partial charge is 0.396 e. The fourth-order valence-corrected chi connectivity index (χ4v) is 2.58. The highest BCUT2D eigenvalue weighted by atomic mass is 16.3. The first kappa shape index (κ1) is 15.6. The molecule has 21 heavy (non-hydrogen) atoms. The lowest BCUT2D eigenvalue weighted by atomic mass is 10.1. The summed E-state index contributed by atoms with van der Waals surface area (Å²) in [5.41, 5.74) is 2.34. The number of nitrogens with one attached hydrogen (secondary N) is 2. The van der Waals surface area contributed by atoms with Crippen LogP contribution in [0.15, 0.2) is 24.3 Å².